The van der Waals surface area contributed by atoms with Crippen LogP contribution in [-0.4, -0.2) is 57.6 Å². The summed E-state index contributed by atoms with van der Waals surface area (Å²) in [4.78, 5) is 24.6. The molecule has 0 radical (unpaired) electrons. The number of rotatable bonds is 8. The van der Waals surface area contributed by atoms with Gasteiger partial charge in [0.25, 0.3) is 11.8 Å². The van der Waals surface area contributed by atoms with Gasteiger partial charge in [0, 0.05) is 25.7 Å². The van der Waals surface area contributed by atoms with Crippen LogP contribution in [-0.2, 0) is 4.79 Å². The van der Waals surface area contributed by atoms with Crippen molar-refractivity contribution in [1.82, 2.24) is 10.2 Å². The topological polar surface area (TPSA) is 93.9 Å². The fraction of sp³-hybridized carbons (Fsp3) is 0.429. The maximum atomic E-state index is 12.2. The fourth-order valence-electron chi connectivity index (χ4n) is 1.67. The summed E-state index contributed by atoms with van der Waals surface area (Å²) in [5, 5.41) is 2.98. The van der Waals surface area contributed by atoms with Crippen LogP contribution in [0.2, 0.25) is 0 Å². The highest BCUT2D eigenvalue weighted by Gasteiger charge is 2.15. The standard InChI is InChI=1S/C14H21N3O4/c1-16-6-7-17(2)14(19)10-4-5-11(12(8-10)20-3)21-9-13(15)18/h4-5,8,16H,6-7,9H2,1-3H3,(H2,15,18). The maximum Gasteiger partial charge on any atom is 0.255 e. The van der Waals surface area contributed by atoms with Gasteiger partial charge in [0.1, 0.15) is 0 Å². The Bertz CT molecular complexity index is 505. The molecule has 0 aliphatic rings. The predicted molar refractivity (Wildman–Crippen MR) is 78.6 cm³/mol. The van der Waals surface area contributed by atoms with Crippen LogP contribution >= 0.6 is 0 Å². The van der Waals surface area contributed by atoms with Gasteiger partial charge in [0.05, 0.1) is 7.11 Å². The second kappa shape index (κ2) is 8.11. The summed E-state index contributed by atoms with van der Waals surface area (Å²) in [5.74, 6) is 0.0452. The van der Waals surface area contributed by atoms with E-state index in [9.17, 15) is 9.59 Å². The van der Waals surface area contributed by atoms with Gasteiger partial charge in [0.15, 0.2) is 18.1 Å². The number of nitrogens with zero attached hydrogens (tertiary/aromatic N) is 1. The van der Waals surface area contributed by atoms with Crippen LogP contribution in [0.4, 0.5) is 0 Å². The van der Waals surface area contributed by atoms with Gasteiger partial charge >= 0.3 is 0 Å². The van der Waals surface area contributed by atoms with Crippen molar-refractivity contribution in [3.63, 3.8) is 0 Å². The Kier molecular flexibility index (Phi) is 6.48. The molecular weight excluding hydrogens is 274 g/mol. The molecule has 0 aromatic heterocycles. The Balaban J connectivity index is 2.85. The van der Waals surface area contributed by atoms with E-state index >= 15 is 0 Å². The first kappa shape index (κ1) is 16.8. The summed E-state index contributed by atoms with van der Waals surface area (Å²) < 4.78 is 10.4. The molecule has 0 atom stereocenters. The number of benzene rings is 1. The second-order valence-electron chi connectivity index (χ2n) is 4.45. The van der Waals surface area contributed by atoms with Gasteiger partial charge in [-0.05, 0) is 25.2 Å². The zero-order valence-electron chi connectivity index (χ0n) is 12.5. The third kappa shape index (κ3) is 4.96. The zero-order chi connectivity index (χ0) is 15.8. The Morgan fingerprint density at radius 2 is 2.05 bits per heavy atom. The van der Waals surface area contributed by atoms with Gasteiger partial charge in [0.2, 0.25) is 0 Å². The average molecular weight is 295 g/mol. The molecule has 3 N–H and O–H groups in total. The smallest absolute Gasteiger partial charge is 0.255 e. The van der Waals surface area contributed by atoms with Crippen LogP contribution < -0.4 is 20.5 Å². The van der Waals surface area contributed by atoms with Gasteiger partial charge in [-0.2, -0.15) is 0 Å². The highest BCUT2D eigenvalue weighted by molar-refractivity contribution is 5.94. The number of carbonyl (C=O) groups excluding carboxylic acids is 2. The molecule has 0 saturated carbocycles. The van der Waals surface area contributed by atoms with Crippen molar-refractivity contribution in [1.29, 1.82) is 0 Å². The lowest BCUT2D eigenvalue weighted by Crippen LogP contribution is -2.32. The number of primary amides is 1. The molecule has 7 nitrogen and oxygen atoms in total. The molecule has 0 spiro atoms. The Morgan fingerprint density at radius 3 is 2.62 bits per heavy atom. The summed E-state index contributed by atoms with van der Waals surface area (Å²) in [6.07, 6.45) is 0. The van der Waals surface area contributed by atoms with Crippen LogP contribution in [0.5, 0.6) is 11.5 Å². The first-order valence-corrected chi connectivity index (χ1v) is 6.48. The number of hydrogen-bond acceptors (Lipinski definition) is 5. The van der Waals surface area contributed by atoms with Crippen LogP contribution in [0.25, 0.3) is 0 Å². The number of likely N-dealkylation sites (N-methyl/N-ethyl adjacent to an activating group) is 2. The first-order valence-electron chi connectivity index (χ1n) is 6.48. The minimum atomic E-state index is -0.580. The van der Waals surface area contributed by atoms with Gasteiger partial charge in [-0.1, -0.05) is 0 Å². The SMILES string of the molecule is CNCCN(C)C(=O)c1ccc(OCC(N)=O)c(OC)c1. The van der Waals surface area contributed by atoms with E-state index in [1.807, 2.05) is 7.05 Å². The molecule has 1 aromatic rings. The highest BCUT2D eigenvalue weighted by Crippen LogP contribution is 2.28. The van der Waals surface area contributed by atoms with Crippen molar-refractivity contribution in [2.75, 3.05) is 40.9 Å². The third-order valence-electron chi connectivity index (χ3n) is 2.82. The number of carbonyl (C=O) groups is 2. The molecule has 7 heteroatoms. The maximum absolute atomic E-state index is 12.2. The van der Waals surface area contributed by atoms with Gasteiger partial charge in [-0.3, -0.25) is 9.59 Å². The fourth-order valence-corrected chi connectivity index (χ4v) is 1.67. The molecule has 116 valence electrons. The second-order valence-corrected chi connectivity index (χ2v) is 4.45. The minimum absolute atomic E-state index is 0.120. The number of hydrogen-bond donors (Lipinski definition) is 2. The van der Waals surface area contributed by atoms with Crippen molar-refractivity contribution in [3.05, 3.63) is 23.8 Å². The number of nitrogens with two attached hydrogens (primary N) is 1. The minimum Gasteiger partial charge on any atom is -0.493 e. The third-order valence-corrected chi connectivity index (χ3v) is 2.82. The number of methoxy groups -OCH3 is 1. The highest BCUT2D eigenvalue weighted by atomic mass is 16.5. The Hall–Kier alpha value is -2.28. The van der Waals surface area contributed by atoms with Crippen LogP contribution in [0.1, 0.15) is 10.4 Å². The Labute approximate surface area is 124 Å². The quantitative estimate of drug-likeness (QED) is 0.695. The molecule has 21 heavy (non-hydrogen) atoms. The van der Waals surface area contributed by atoms with Crippen molar-refractivity contribution in [3.8, 4) is 11.5 Å². The number of ether oxygens (including phenoxy) is 2. The van der Waals surface area contributed by atoms with E-state index < -0.39 is 5.91 Å². The van der Waals surface area contributed by atoms with E-state index in [0.717, 1.165) is 0 Å². The van der Waals surface area contributed by atoms with Gasteiger partial charge in [-0.25, -0.2) is 0 Å². The van der Waals surface area contributed by atoms with Crippen molar-refractivity contribution >= 4 is 11.8 Å². The summed E-state index contributed by atoms with van der Waals surface area (Å²) in [6, 6.07) is 4.78. The first-order chi connectivity index (χ1) is 9.99. The molecule has 1 aromatic carbocycles. The summed E-state index contributed by atoms with van der Waals surface area (Å²) in [7, 11) is 5.02. The molecule has 0 saturated heterocycles. The normalized spacial score (nSPS) is 10.0. The van der Waals surface area contributed by atoms with Gasteiger partial charge < -0.3 is 25.4 Å². The average Bonchev–Trinajstić information content (AvgIpc) is 2.49. The van der Waals surface area contributed by atoms with Crippen molar-refractivity contribution < 1.29 is 19.1 Å². The summed E-state index contributed by atoms with van der Waals surface area (Å²) in [5.41, 5.74) is 5.51. The summed E-state index contributed by atoms with van der Waals surface area (Å²) in [6.45, 7) is 1.06. The Morgan fingerprint density at radius 1 is 1.33 bits per heavy atom. The molecule has 0 unspecified atom stereocenters. The van der Waals surface area contributed by atoms with Crippen LogP contribution in [0.15, 0.2) is 18.2 Å². The largest absolute Gasteiger partial charge is 0.493 e. The van der Waals surface area contributed by atoms with E-state index in [-0.39, 0.29) is 12.5 Å². The monoisotopic (exact) mass is 295 g/mol. The molecule has 0 aliphatic heterocycles. The van der Waals surface area contributed by atoms with E-state index in [2.05, 4.69) is 5.32 Å². The molecule has 2 amide bonds. The lowest BCUT2D eigenvalue weighted by molar-refractivity contribution is -0.119. The molecule has 1 rings (SSSR count). The lowest BCUT2D eigenvalue weighted by Gasteiger charge is -2.18. The van der Waals surface area contributed by atoms with Crippen LogP contribution in [0.3, 0.4) is 0 Å². The predicted octanol–water partition coefficient (Wildman–Crippen LogP) is -0.149. The summed E-state index contributed by atoms with van der Waals surface area (Å²) >= 11 is 0. The number of amides is 2. The van der Waals surface area contributed by atoms with E-state index in [1.165, 1.54) is 7.11 Å². The number of nitrogens with one attached hydrogen (secondary N) is 1. The molecule has 0 fully saturated rings. The molecule has 0 bridgehead atoms. The lowest BCUT2D eigenvalue weighted by atomic mass is 10.1. The van der Waals surface area contributed by atoms with E-state index in [1.54, 1.807) is 30.1 Å². The molecule has 0 heterocycles. The van der Waals surface area contributed by atoms with E-state index in [0.29, 0.717) is 30.2 Å². The van der Waals surface area contributed by atoms with Crippen molar-refractivity contribution in [2.45, 2.75) is 0 Å². The van der Waals surface area contributed by atoms with Gasteiger partial charge in [-0.15, -0.1) is 0 Å². The molecule has 0 aliphatic carbocycles. The van der Waals surface area contributed by atoms with Crippen molar-refractivity contribution in [2.24, 2.45) is 5.73 Å². The van der Waals surface area contributed by atoms with Crippen LogP contribution in [0, 0.1) is 0 Å². The van der Waals surface area contributed by atoms with E-state index in [4.69, 9.17) is 15.2 Å². The zero-order valence-corrected chi connectivity index (χ0v) is 12.5. The molecular formula is C14H21N3O4.